The minimum Gasteiger partial charge on any atom is -0.317 e. The molecule has 1 rings (SSSR count). The molecule has 0 bridgehead atoms. The lowest BCUT2D eigenvalue weighted by molar-refractivity contribution is 0.229. The van der Waals surface area contributed by atoms with Crippen LogP contribution in [0.25, 0.3) is 0 Å². The van der Waals surface area contributed by atoms with Crippen molar-refractivity contribution in [1.29, 1.82) is 0 Å². The molecule has 1 N–H and O–H groups in total. The third-order valence-electron chi connectivity index (χ3n) is 3.34. The van der Waals surface area contributed by atoms with Gasteiger partial charge in [0.25, 0.3) is 0 Å². The van der Waals surface area contributed by atoms with E-state index in [2.05, 4.69) is 12.2 Å². The van der Waals surface area contributed by atoms with Crippen molar-refractivity contribution in [2.45, 2.75) is 32.7 Å². The molecule has 0 aromatic rings. The van der Waals surface area contributed by atoms with E-state index >= 15 is 0 Å². The molecular weight excluding hydrogens is 212 g/mol. The van der Waals surface area contributed by atoms with Gasteiger partial charge in [-0.25, -0.2) is 12.7 Å². The molecular formula is C10H22N2O2S. The zero-order chi connectivity index (χ0) is 11.5. The molecule has 1 saturated heterocycles. The molecule has 2 unspecified atom stereocenters. The summed E-state index contributed by atoms with van der Waals surface area (Å²) in [6, 6.07) is 0.389. The van der Waals surface area contributed by atoms with Crippen LogP contribution in [0.2, 0.25) is 0 Å². The first-order chi connectivity index (χ1) is 7.01. The summed E-state index contributed by atoms with van der Waals surface area (Å²) >= 11 is 0. The first-order valence-corrected chi connectivity index (χ1v) is 7.27. The maximum atomic E-state index is 11.7. The van der Waals surface area contributed by atoms with Gasteiger partial charge >= 0.3 is 0 Å². The number of hydrogen-bond donors (Lipinski definition) is 1. The number of hydrogen-bond acceptors (Lipinski definition) is 3. The molecule has 0 spiro atoms. The molecule has 0 radical (unpaired) electrons. The Bertz CT molecular complexity index is 290. The number of rotatable bonds is 4. The van der Waals surface area contributed by atoms with E-state index in [0.717, 1.165) is 12.8 Å². The van der Waals surface area contributed by atoms with Crippen molar-refractivity contribution in [2.75, 3.05) is 25.9 Å². The summed E-state index contributed by atoms with van der Waals surface area (Å²) in [5.74, 6) is 0.665. The molecule has 0 aromatic heterocycles. The smallest absolute Gasteiger partial charge is 0.213 e. The van der Waals surface area contributed by atoms with Crippen LogP contribution in [-0.2, 0) is 10.0 Å². The molecule has 5 heteroatoms. The van der Waals surface area contributed by atoms with Gasteiger partial charge in [0.2, 0.25) is 10.0 Å². The first-order valence-electron chi connectivity index (χ1n) is 5.66. The van der Waals surface area contributed by atoms with Crippen LogP contribution >= 0.6 is 0 Å². The molecule has 1 aliphatic rings. The van der Waals surface area contributed by atoms with Crippen molar-refractivity contribution in [3.8, 4) is 0 Å². The molecule has 15 heavy (non-hydrogen) atoms. The third-order valence-corrected chi connectivity index (χ3v) is 5.19. The van der Waals surface area contributed by atoms with Gasteiger partial charge in [0, 0.05) is 19.1 Å². The number of sulfonamides is 1. The number of nitrogens with zero attached hydrogens (tertiary/aromatic N) is 1. The Morgan fingerprint density at radius 2 is 2.20 bits per heavy atom. The molecule has 2 atom stereocenters. The summed E-state index contributed by atoms with van der Waals surface area (Å²) in [7, 11) is -1.06. The zero-order valence-electron chi connectivity index (χ0n) is 9.86. The number of piperidine rings is 1. The maximum Gasteiger partial charge on any atom is 0.213 e. The van der Waals surface area contributed by atoms with Gasteiger partial charge in [-0.15, -0.1) is 0 Å². The fourth-order valence-corrected chi connectivity index (χ4v) is 3.24. The van der Waals surface area contributed by atoms with E-state index in [0.29, 0.717) is 25.0 Å². The van der Waals surface area contributed by atoms with Crippen molar-refractivity contribution in [3.05, 3.63) is 0 Å². The summed E-state index contributed by atoms with van der Waals surface area (Å²) in [4.78, 5) is 0. The largest absolute Gasteiger partial charge is 0.317 e. The van der Waals surface area contributed by atoms with Crippen LogP contribution < -0.4 is 5.32 Å². The van der Waals surface area contributed by atoms with Gasteiger partial charge in [-0.2, -0.15) is 0 Å². The fraction of sp³-hybridized carbons (Fsp3) is 1.00. The van der Waals surface area contributed by atoms with Crippen molar-refractivity contribution < 1.29 is 8.42 Å². The monoisotopic (exact) mass is 234 g/mol. The average molecular weight is 234 g/mol. The second kappa shape index (κ2) is 5.27. The van der Waals surface area contributed by atoms with E-state index in [1.807, 2.05) is 7.05 Å². The van der Waals surface area contributed by atoms with Crippen LogP contribution in [0, 0.1) is 5.92 Å². The maximum absolute atomic E-state index is 11.7. The summed E-state index contributed by atoms with van der Waals surface area (Å²) in [6.45, 7) is 5.20. The quantitative estimate of drug-likeness (QED) is 0.777. The Balaban J connectivity index is 2.64. The van der Waals surface area contributed by atoms with Gasteiger partial charge in [0.1, 0.15) is 0 Å². The van der Waals surface area contributed by atoms with Crippen LogP contribution in [0.1, 0.15) is 26.7 Å². The van der Waals surface area contributed by atoms with Crippen LogP contribution in [0.5, 0.6) is 0 Å². The van der Waals surface area contributed by atoms with Gasteiger partial charge in [0.15, 0.2) is 0 Å². The van der Waals surface area contributed by atoms with E-state index in [4.69, 9.17) is 0 Å². The summed E-state index contributed by atoms with van der Waals surface area (Å²) in [5, 5.41) is 3.20. The Labute approximate surface area is 93.1 Å². The highest BCUT2D eigenvalue weighted by molar-refractivity contribution is 7.89. The molecule has 0 aliphatic carbocycles. The zero-order valence-corrected chi connectivity index (χ0v) is 10.7. The van der Waals surface area contributed by atoms with Crippen molar-refractivity contribution >= 4 is 10.0 Å². The fourth-order valence-electron chi connectivity index (χ4n) is 2.05. The second-order valence-corrected chi connectivity index (χ2v) is 6.50. The molecule has 90 valence electrons. The lowest BCUT2D eigenvalue weighted by Crippen LogP contribution is -2.46. The lowest BCUT2D eigenvalue weighted by Gasteiger charge is -2.34. The summed E-state index contributed by atoms with van der Waals surface area (Å²) in [5.41, 5.74) is 0. The standard InChI is InChI=1S/C10H22N2O2S/c1-4-15(13,14)12-7-5-6-10(8-12)9(2)11-3/h9-11H,4-8H2,1-3H3. The van der Waals surface area contributed by atoms with Crippen LogP contribution in [-0.4, -0.2) is 44.7 Å². The molecule has 0 amide bonds. The van der Waals surface area contributed by atoms with E-state index in [9.17, 15) is 8.42 Å². The molecule has 0 aromatic carbocycles. The van der Waals surface area contributed by atoms with Crippen molar-refractivity contribution in [1.82, 2.24) is 9.62 Å². The molecule has 1 heterocycles. The minimum atomic E-state index is -2.99. The van der Waals surface area contributed by atoms with E-state index < -0.39 is 10.0 Å². The van der Waals surface area contributed by atoms with Crippen LogP contribution in [0.3, 0.4) is 0 Å². The molecule has 1 fully saturated rings. The van der Waals surface area contributed by atoms with Gasteiger partial charge in [-0.3, -0.25) is 0 Å². The molecule has 4 nitrogen and oxygen atoms in total. The lowest BCUT2D eigenvalue weighted by atomic mass is 9.93. The summed E-state index contributed by atoms with van der Waals surface area (Å²) < 4.78 is 25.1. The number of nitrogens with one attached hydrogen (secondary N) is 1. The van der Waals surface area contributed by atoms with Crippen LogP contribution in [0.4, 0.5) is 0 Å². The first kappa shape index (κ1) is 12.9. The van der Waals surface area contributed by atoms with Gasteiger partial charge in [-0.1, -0.05) is 0 Å². The van der Waals surface area contributed by atoms with Crippen molar-refractivity contribution in [2.24, 2.45) is 5.92 Å². The topological polar surface area (TPSA) is 49.4 Å². The molecule has 0 saturated carbocycles. The van der Waals surface area contributed by atoms with E-state index in [-0.39, 0.29) is 5.75 Å². The van der Waals surface area contributed by atoms with E-state index in [1.54, 1.807) is 11.2 Å². The van der Waals surface area contributed by atoms with E-state index in [1.165, 1.54) is 0 Å². The SMILES string of the molecule is CCS(=O)(=O)N1CCCC(C(C)NC)C1. The van der Waals surface area contributed by atoms with Gasteiger partial charge < -0.3 is 5.32 Å². The second-order valence-electron chi connectivity index (χ2n) is 4.24. The van der Waals surface area contributed by atoms with Crippen LogP contribution in [0.15, 0.2) is 0 Å². The van der Waals surface area contributed by atoms with Crippen molar-refractivity contribution in [3.63, 3.8) is 0 Å². The van der Waals surface area contributed by atoms with Gasteiger partial charge in [-0.05, 0) is 39.7 Å². The highest BCUT2D eigenvalue weighted by Crippen LogP contribution is 2.21. The average Bonchev–Trinajstić information content (AvgIpc) is 2.28. The summed E-state index contributed by atoms with van der Waals surface area (Å²) in [6.07, 6.45) is 2.10. The van der Waals surface area contributed by atoms with Gasteiger partial charge in [0.05, 0.1) is 5.75 Å². The minimum absolute atomic E-state index is 0.216. The predicted molar refractivity (Wildman–Crippen MR) is 62.3 cm³/mol. The Morgan fingerprint density at radius 1 is 1.53 bits per heavy atom. The highest BCUT2D eigenvalue weighted by Gasteiger charge is 2.29. The third kappa shape index (κ3) is 3.16. The Morgan fingerprint density at radius 3 is 2.73 bits per heavy atom. The normalized spacial score (nSPS) is 26.5. The Hall–Kier alpha value is -0.130. The highest BCUT2D eigenvalue weighted by atomic mass is 32.2. The molecule has 1 aliphatic heterocycles. The Kier molecular flexibility index (Phi) is 4.55. The predicted octanol–water partition coefficient (Wildman–Crippen LogP) is 0.656.